The van der Waals surface area contributed by atoms with Gasteiger partial charge in [0.15, 0.2) is 0 Å². The van der Waals surface area contributed by atoms with E-state index in [2.05, 4.69) is 71.3 Å². The van der Waals surface area contributed by atoms with Crippen LogP contribution in [0.1, 0.15) is 298 Å². The molecule has 1 aliphatic rings. The molecule has 7 nitrogen and oxygen atoms in total. The van der Waals surface area contributed by atoms with E-state index in [4.69, 9.17) is 0 Å². The fourth-order valence-corrected chi connectivity index (χ4v) is 10.5. The van der Waals surface area contributed by atoms with E-state index >= 15 is 0 Å². The zero-order valence-electron chi connectivity index (χ0n) is 48.4. The van der Waals surface area contributed by atoms with Crippen molar-refractivity contribution in [1.82, 2.24) is 24.5 Å². The van der Waals surface area contributed by atoms with Crippen LogP contribution in [0.4, 0.5) is 0 Å². The molecule has 0 aromatic carbocycles. The molecular weight excluding hydrogens is 859 g/mol. The van der Waals surface area contributed by atoms with Crippen LogP contribution < -0.4 is 0 Å². The minimum absolute atomic E-state index is 0.269. The van der Waals surface area contributed by atoms with Gasteiger partial charge in [-0.3, -0.25) is 19.4 Å². The fourth-order valence-electron chi connectivity index (χ4n) is 10.5. The highest BCUT2D eigenvalue weighted by molar-refractivity contribution is 5.80. The third kappa shape index (κ3) is 42.0. The minimum Gasteiger partial charge on any atom is -0.338 e. The van der Waals surface area contributed by atoms with Gasteiger partial charge in [-0.1, -0.05) is 259 Å². The fraction of sp³-hybridized carbons (Fsp3) is 0.937. The maximum absolute atomic E-state index is 14.1. The maximum Gasteiger partial charge on any atom is 0.236 e. The Morgan fingerprint density at radius 1 is 0.286 bits per heavy atom. The molecule has 7 heteroatoms. The second kappa shape index (κ2) is 52.4. The van der Waals surface area contributed by atoms with Crippen molar-refractivity contribution in [2.24, 2.45) is 0 Å². The molecule has 0 N–H and O–H groups in total. The van der Waals surface area contributed by atoms with Crippen molar-refractivity contribution in [2.45, 2.75) is 298 Å². The lowest BCUT2D eigenvalue weighted by atomic mass is 10.1. The number of amides is 2. The van der Waals surface area contributed by atoms with Crippen molar-refractivity contribution in [1.29, 1.82) is 0 Å². The first kappa shape index (κ1) is 66.6. The monoisotopic (exact) mass is 984 g/mol. The quantitative estimate of drug-likeness (QED) is 0.0449. The number of rotatable bonds is 54. The summed E-state index contributed by atoms with van der Waals surface area (Å²) in [6, 6.07) is 0. The molecule has 0 spiro atoms. The highest BCUT2D eigenvalue weighted by Crippen LogP contribution is 2.16. The molecule has 414 valence electrons. The smallest absolute Gasteiger partial charge is 0.236 e. The highest BCUT2D eigenvalue weighted by Gasteiger charge is 2.26. The molecule has 1 saturated heterocycles. The van der Waals surface area contributed by atoms with Crippen LogP contribution >= 0.6 is 0 Å². The number of hydrogen-bond acceptors (Lipinski definition) is 5. The molecule has 0 aromatic heterocycles. The summed E-state index contributed by atoms with van der Waals surface area (Å²) in [5, 5.41) is 0. The van der Waals surface area contributed by atoms with Gasteiger partial charge in [-0.25, -0.2) is 0 Å². The number of unbranched alkanes of at least 4 members (excludes halogenated alkanes) is 35. The summed E-state index contributed by atoms with van der Waals surface area (Å²) in [5.41, 5.74) is 0. The molecule has 1 fully saturated rings. The van der Waals surface area contributed by atoms with E-state index in [0.717, 1.165) is 32.7 Å². The maximum atomic E-state index is 14.1. The van der Waals surface area contributed by atoms with Crippen LogP contribution in [-0.4, -0.2) is 121 Å². The number of allylic oxidation sites excluding steroid dienone is 2. The van der Waals surface area contributed by atoms with Crippen molar-refractivity contribution in [2.75, 3.05) is 85.1 Å². The number of piperazine rings is 1. The van der Waals surface area contributed by atoms with Crippen LogP contribution in [0, 0.1) is 0 Å². The van der Waals surface area contributed by atoms with E-state index in [1.54, 1.807) is 0 Å². The molecule has 0 bridgehead atoms. The van der Waals surface area contributed by atoms with Gasteiger partial charge < -0.3 is 14.7 Å². The number of carbonyl (C=O) groups excluding carboxylic acids is 2. The van der Waals surface area contributed by atoms with Crippen molar-refractivity contribution in [3.8, 4) is 0 Å². The third-order valence-electron chi connectivity index (χ3n) is 15.5. The molecule has 70 heavy (non-hydrogen) atoms. The summed E-state index contributed by atoms with van der Waals surface area (Å²) in [5.74, 6) is 0.539. The Bertz CT molecular complexity index is 1110. The topological polar surface area (TPSA) is 50.3 Å². The Labute approximate surface area is 439 Å². The van der Waals surface area contributed by atoms with Gasteiger partial charge in [0.1, 0.15) is 0 Å². The lowest BCUT2D eigenvalue weighted by Gasteiger charge is -2.37. The second-order valence-electron chi connectivity index (χ2n) is 22.2. The predicted molar refractivity (Wildman–Crippen MR) is 309 cm³/mol. The Morgan fingerprint density at radius 3 is 0.829 bits per heavy atom. The molecule has 0 radical (unpaired) electrons. The van der Waals surface area contributed by atoms with Crippen LogP contribution in [0.3, 0.4) is 0 Å². The SMILES string of the molecule is CCCC/C=C\CCCCCCN(CCCCCCCCCCCCCC)CC(=O)N1CCN(C(=O)CN(CCCCCCCCC)CCN(CCCCCCCCC)CCCCCCCCC)CC1. The zero-order valence-corrected chi connectivity index (χ0v) is 48.4. The van der Waals surface area contributed by atoms with Crippen molar-refractivity contribution < 1.29 is 9.59 Å². The minimum atomic E-state index is 0.269. The number of nitrogens with zero attached hydrogens (tertiary/aromatic N) is 5. The molecule has 0 aliphatic carbocycles. The van der Waals surface area contributed by atoms with E-state index < -0.39 is 0 Å². The molecule has 1 rings (SSSR count). The third-order valence-corrected chi connectivity index (χ3v) is 15.5. The molecule has 2 amide bonds. The molecule has 0 aromatic rings. The van der Waals surface area contributed by atoms with Gasteiger partial charge in [0.2, 0.25) is 11.8 Å². The molecule has 0 unspecified atom stereocenters. The van der Waals surface area contributed by atoms with Crippen LogP contribution in [-0.2, 0) is 9.59 Å². The van der Waals surface area contributed by atoms with Gasteiger partial charge in [-0.2, -0.15) is 0 Å². The largest absolute Gasteiger partial charge is 0.338 e. The first-order valence-electron chi connectivity index (χ1n) is 31.9. The first-order valence-corrected chi connectivity index (χ1v) is 31.9. The summed E-state index contributed by atoms with van der Waals surface area (Å²) in [7, 11) is 0. The average molecular weight is 985 g/mol. The van der Waals surface area contributed by atoms with E-state index in [9.17, 15) is 9.59 Å². The van der Waals surface area contributed by atoms with Gasteiger partial charge in [0.25, 0.3) is 0 Å². The predicted octanol–water partition coefficient (Wildman–Crippen LogP) is 17.2. The summed E-state index contributed by atoms with van der Waals surface area (Å²) in [4.78, 5) is 39.9. The average Bonchev–Trinajstić information content (AvgIpc) is 3.37. The summed E-state index contributed by atoms with van der Waals surface area (Å²) >= 11 is 0. The Hall–Kier alpha value is -1.44. The van der Waals surface area contributed by atoms with Gasteiger partial charge >= 0.3 is 0 Å². The standard InChI is InChI=1S/C63H125N5O2/c1-6-11-16-21-26-28-30-31-33-38-43-47-52-65(51-46-42-37-32-29-27-22-17-12-7-2)60-62(69)67-56-58-68(59-57-67)63(70)61-66(53-48-41-36-25-20-15-10-5)55-54-64(49-44-39-34-23-18-13-8-3)50-45-40-35-24-19-14-9-4/h22,27H,6-21,23-26,28-61H2,1-5H3/b27-22-. The van der Waals surface area contributed by atoms with Crippen LogP contribution in [0.5, 0.6) is 0 Å². The normalized spacial score (nSPS) is 13.4. The van der Waals surface area contributed by atoms with Crippen LogP contribution in [0.2, 0.25) is 0 Å². The van der Waals surface area contributed by atoms with E-state index in [-0.39, 0.29) is 11.8 Å². The summed E-state index contributed by atoms with van der Waals surface area (Å²) in [6.07, 6.45) is 59.2. The van der Waals surface area contributed by atoms with Gasteiger partial charge in [-0.05, 0) is 84.1 Å². The summed E-state index contributed by atoms with van der Waals surface area (Å²) < 4.78 is 0. The van der Waals surface area contributed by atoms with E-state index in [1.807, 2.05) is 0 Å². The van der Waals surface area contributed by atoms with Gasteiger partial charge in [0, 0.05) is 39.3 Å². The van der Waals surface area contributed by atoms with Crippen molar-refractivity contribution in [3.05, 3.63) is 12.2 Å². The summed E-state index contributed by atoms with van der Waals surface area (Å²) in [6.45, 7) is 22.8. The van der Waals surface area contributed by atoms with Crippen LogP contribution in [0.15, 0.2) is 12.2 Å². The number of carbonyl (C=O) groups is 2. The number of hydrogen-bond donors (Lipinski definition) is 0. The lowest BCUT2D eigenvalue weighted by Crippen LogP contribution is -2.54. The second-order valence-corrected chi connectivity index (χ2v) is 22.2. The highest BCUT2D eigenvalue weighted by atomic mass is 16.2. The van der Waals surface area contributed by atoms with E-state index in [1.165, 1.54) is 276 Å². The molecule has 0 atom stereocenters. The Kier molecular flexibility index (Phi) is 49.9. The lowest BCUT2D eigenvalue weighted by molar-refractivity contribution is -0.140. The zero-order chi connectivity index (χ0) is 50.6. The van der Waals surface area contributed by atoms with Gasteiger partial charge in [0.05, 0.1) is 13.1 Å². The van der Waals surface area contributed by atoms with Crippen LogP contribution in [0.25, 0.3) is 0 Å². The molecule has 1 aliphatic heterocycles. The first-order chi connectivity index (χ1) is 34.5. The Morgan fingerprint density at radius 2 is 0.514 bits per heavy atom. The molecule has 0 saturated carbocycles. The van der Waals surface area contributed by atoms with Crippen molar-refractivity contribution in [3.63, 3.8) is 0 Å². The van der Waals surface area contributed by atoms with E-state index in [0.29, 0.717) is 39.3 Å². The van der Waals surface area contributed by atoms with Crippen molar-refractivity contribution >= 4 is 11.8 Å². The molecular formula is C63H125N5O2. The Balaban J connectivity index is 2.77. The molecule has 1 heterocycles. The van der Waals surface area contributed by atoms with Gasteiger partial charge in [-0.15, -0.1) is 0 Å².